The van der Waals surface area contributed by atoms with Gasteiger partial charge in [0.1, 0.15) is 0 Å². The molecule has 5 heteroatoms. The molecule has 1 fully saturated rings. The molecule has 2 aromatic heterocycles. The molecule has 4 rings (SSSR count). The third-order valence-corrected chi connectivity index (χ3v) is 6.16. The molecule has 1 saturated heterocycles. The maximum absolute atomic E-state index is 13.3. The summed E-state index contributed by atoms with van der Waals surface area (Å²) >= 11 is 6.35. The van der Waals surface area contributed by atoms with Crippen molar-refractivity contribution in [3.63, 3.8) is 0 Å². The van der Waals surface area contributed by atoms with Crippen LogP contribution in [0.2, 0.25) is 5.02 Å². The highest BCUT2D eigenvalue weighted by Gasteiger charge is 2.35. The molecule has 1 amide bonds. The van der Waals surface area contributed by atoms with Crippen LogP contribution in [0.15, 0.2) is 67.1 Å². The van der Waals surface area contributed by atoms with Gasteiger partial charge < -0.3 is 4.90 Å². The monoisotopic (exact) mass is 415 g/mol. The summed E-state index contributed by atoms with van der Waals surface area (Å²) in [5.41, 5.74) is 2.93. The van der Waals surface area contributed by atoms with Crippen LogP contribution >= 0.6 is 11.6 Å². The lowest BCUT2D eigenvalue weighted by molar-refractivity contribution is 0.0650. The lowest BCUT2D eigenvalue weighted by Gasteiger charge is -2.39. The number of piperidine rings is 1. The number of aromatic nitrogens is 2. The molecule has 0 spiro atoms. The minimum absolute atomic E-state index is 0.0155. The summed E-state index contributed by atoms with van der Waals surface area (Å²) in [7, 11) is 0. The number of carbonyl (C=O) groups is 1. The molecule has 0 atom stereocenters. The number of terminal acetylenes is 1. The molecule has 0 unspecified atom stereocenters. The second kappa shape index (κ2) is 8.69. The zero-order valence-electron chi connectivity index (χ0n) is 16.6. The number of rotatable bonds is 4. The van der Waals surface area contributed by atoms with Crippen molar-refractivity contribution in [3.8, 4) is 23.6 Å². The fraction of sp³-hybridized carbons (Fsp3) is 0.240. The van der Waals surface area contributed by atoms with Crippen molar-refractivity contribution >= 4 is 17.5 Å². The van der Waals surface area contributed by atoms with Gasteiger partial charge in [-0.1, -0.05) is 35.7 Å². The largest absolute Gasteiger partial charge is 0.338 e. The predicted molar refractivity (Wildman–Crippen MR) is 119 cm³/mol. The molecule has 150 valence electrons. The number of benzene rings is 1. The Morgan fingerprint density at radius 3 is 2.50 bits per heavy atom. The fourth-order valence-corrected chi connectivity index (χ4v) is 4.21. The van der Waals surface area contributed by atoms with Gasteiger partial charge in [-0.3, -0.25) is 14.8 Å². The van der Waals surface area contributed by atoms with E-state index in [-0.39, 0.29) is 11.3 Å². The Kier molecular flexibility index (Phi) is 5.83. The summed E-state index contributed by atoms with van der Waals surface area (Å²) < 4.78 is 0. The van der Waals surface area contributed by atoms with Crippen molar-refractivity contribution in [2.24, 2.45) is 5.41 Å². The van der Waals surface area contributed by atoms with E-state index in [2.05, 4.69) is 15.9 Å². The average Bonchev–Trinajstić information content (AvgIpc) is 2.81. The van der Waals surface area contributed by atoms with Crippen molar-refractivity contribution in [2.45, 2.75) is 19.3 Å². The lowest BCUT2D eigenvalue weighted by Crippen LogP contribution is -2.43. The number of carbonyl (C=O) groups excluding carboxylic acids is 1. The number of nitrogens with zero attached hydrogens (tertiary/aromatic N) is 3. The Hall–Kier alpha value is -3.16. The van der Waals surface area contributed by atoms with Gasteiger partial charge in [0, 0.05) is 47.7 Å². The molecular formula is C25H22ClN3O. The van der Waals surface area contributed by atoms with E-state index in [9.17, 15) is 4.79 Å². The Morgan fingerprint density at radius 2 is 1.80 bits per heavy atom. The summed E-state index contributed by atoms with van der Waals surface area (Å²) in [6.07, 6.45) is 13.3. The number of hydrogen-bond donors (Lipinski definition) is 0. The van der Waals surface area contributed by atoms with E-state index in [4.69, 9.17) is 18.0 Å². The van der Waals surface area contributed by atoms with Gasteiger partial charge >= 0.3 is 0 Å². The van der Waals surface area contributed by atoms with Crippen LogP contribution < -0.4 is 0 Å². The molecule has 0 bridgehead atoms. The van der Waals surface area contributed by atoms with Gasteiger partial charge in [0.2, 0.25) is 0 Å². The zero-order valence-corrected chi connectivity index (χ0v) is 17.3. The molecular weight excluding hydrogens is 394 g/mol. The van der Waals surface area contributed by atoms with Crippen molar-refractivity contribution in [1.29, 1.82) is 0 Å². The summed E-state index contributed by atoms with van der Waals surface area (Å²) in [6, 6.07) is 15.2. The molecule has 3 aromatic rings. The normalized spacial score (nSPS) is 15.4. The van der Waals surface area contributed by atoms with E-state index in [0.29, 0.717) is 24.3 Å². The summed E-state index contributed by atoms with van der Waals surface area (Å²) in [4.78, 5) is 23.7. The molecule has 3 heterocycles. The third-order valence-electron chi connectivity index (χ3n) is 5.79. The van der Waals surface area contributed by atoms with Gasteiger partial charge in [0.25, 0.3) is 5.91 Å². The third kappa shape index (κ3) is 4.08. The van der Waals surface area contributed by atoms with E-state index in [0.717, 1.165) is 35.4 Å². The van der Waals surface area contributed by atoms with Crippen molar-refractivity contribution < 1.29 is 4.79 Å². The van der Waals surface area contributed by atoms with Crippen LogP contribution in [-0.2, 0) is 6.42 Å². The van der Waals surface area contributed by atoms with Gasteiger partial charge in [-0.05, 0) is 55.2 Å². The number of halogens is 1. The summed E-state index contributed by atoms with van der Waals surface area (Å²) in [5.74, 6) is 3.00. The maximum atomic E-state index is 13.3. The van der Waals surface area contributed by atoms with Gasteiger partial charge in [0.15, 0.2) is 0 Å². The van der Waals surface area contributed by atoms with Gasteiger partial charge in [-0.2, -0.15) is 0 Å². The molecule has 0 N–H and O–H groups in total. The minimum Gasteiger partial charge on any atom is -0.338 e. The van der Waals surface area contributed by atoms with Crippen molar-refractivity contribution in [1.82, 2.24) is 14.9 Å². The van der Waals surface area contributed by atoms with Crippen LogP contribution in [0.4, 0.5) is 0 Å². The number of likely N-dealkylation sites (tertiary alicyclic amines) is 1. The number of hydrogen-bond acceptors (Lipinski definition) is 3. The van der Waals surface area contributed by atoms with E-state index in [1.165, 1.54) is 0 Å². The van der Waals surface area contributed by atoms with Crippen LogP contribution in [0.3, 0.4) is 0 Å². The second-order valence-corrected chi connectivity index (χ2v) is 8.03. The molecule has 30 heavy (non-hydrogen) atoms. The SMILES string of the molecule is C#CC1(Cc2ccccc2Cl)CCN(C(=O)c2cccnc2-c2ccncc2)CC1. The Morgan fingerprint density at radius 1 is 1.07 bits per heavy atom. The molecule has 0 saturated carbocycles. The Bertz CT molecular complexity index is 1080. The van der Waals surface area contributed by atoms with Gasteiger partial charge in [-0.15, -0.1) is 6.42 Å². The van der Waals surface area contributed by atoms with E-state index < -0.39 is 0 Å². The molecule has 4 nitrogen and oxygen atoms in total. The topological polar surface area (TPSA) is 46.1 Å². The van der Waals surface area contributed by atoms with E-state index >= 15 is 0 Å². The first-order valence-electron chi connectivity index (χ1n) is 9.98. The van der Waals surface area contributed by atoms with Crippen LogP contribution in [0.25, 0.3) is 11.3 Å². The quantitative estimate of drug-likeness (QED) is 0.569. The first-order valence-corrected chi connectivity index (χ1v) is 10.4. The second-order valence-electron chi connectivity index (χ2n) is 7.62. The summed E-state index contributed by atoms with van der Waals surface area (Å²) in [5, 5.41) is 0.739. The average molecular weight is 416 g/mol. The van der Waals surface area contributed by atoms with Crippen LogP contribution in [0.5, 0.6) is 0 Å². The predicted octanol–water partition coefficient (Wildman–Crippen LogP) is 4.90. The lowest BCUT2D eigenvalue weighted by atomic mass is 9.74. The van der Waals surface area contributed by atoms with Gasteiger partial charge in [-0.25, -0.2) is 0 Å². The maximum Gasteiger partial charge on any atom is 0.256 e. The first-order chi connectivity index (χ1) is 14.6. The van der Waals surface area contributed by atoms with Crippen LogP contribution in [0, 0.1) is 17.8 Å². The van der Waals surface area contributed by atoms with Crippen LogP contribution in [0.1, 0.15) is 28.8 Å². The van der Waals surface area contributed by atoms with Gasteiger partial charge in [0.05, 0.1) is 11.3 Å². The molecule has 1 aliphatic heterocycles. The van der Waals surface area contributed by atoms with Crippen molar-refractivity contribution in [3.05, 3.63) is 83.3 Å². The van der Waals surface area contributed by atoms with Crippen LogP contribution in [-0.4, -0.2) is 33.9 Å². The Labute approximate surface area is 181 Å². The highest BCUT2D eigenvalue weighted by atomic mass is 35.5. The number of pyridine rings is 2. The first kappa shape index (κ1) is 20.1. The zero-order chi connectivity index (χ0) is 21.0. The van der Waals surface area contributed by atoms with E-state index in [1.807, 2.05) is 47.4 Å². The highest BCUT2D eigenvalue weighted by Crippen LogP contribution is 2.37. The van der Waals surface area contributed by atoms with E-state index in [1.54, 1.807) is 24.7 Å². The Balaban J connectivity index is 1.52. The summed E-state index contributed by atoms with van der Waals surface area (Å²) in [6.45, 7) is 1.22. The highest BCUT2D eigenvalue weighted by molar-refractivity contribution is 6.31. The fourth-order valence-electron chi connectivity index (χ4n) is 4.00. The standard InChI is InChI=1S/C25H22ClN3O/c1-2-25(18-20-6-3-4-8-22(20)26)11-16-29(17-12-25)24(30)21-7-5-13-28-23(21)19-9-14-27-15-10-19/h1,3-10,13-15H,11-12,16-18H2. The molecule has 0 radical (unpaired) electrons. The smallest absolute Gasteiger partial charge is 0.256 e. The molecule has 0 aliphatic carbocycles. The van der Waals surface area contributed by atoms with Crippen molar-refractivity contribution in [2.75, 3.05) is 13.1 Å². The molecule has 1 aliphatic rings. The molecule has 1 aromatic carbocycles. The number of amides is 1. The minimum atomic E-state index is -0.287.